The highest BCUT2D eigenvalue weighted by atomic mass is 32.2. The van der Waals surface area contributed by atoms with Gasteiger partial charge in [-0.2, -0.15) is 0 Å². The third-order valence-corrected chi connectivity index (χ3v) is 6.45. The second kappa shape index (κ2) is 4.42. The van der Waals surface area contributed by atoms with Gasteiger partial charge in [0, 0.05) is 17.2 Å². The van der Waals surface area contributed by atoms with Crippen LogP contribution in [-0.4, -0.2) is 23.1 Å². The third-order valence-electron chi connectivity index (χ3n) is 5.46. The summed E-state index contributed by atoms with van der Waals surface area (Å²) in [4.78, 5) is 4.72. The molecular formula is C17H22N2OS. The Bertz CT molecular complexity index is 625. The summed E-state index contributed by atoms with van der Waals surface area (Å²) in [7, 11) is 0. The molecule has 2 heterocycles. The van der Waals surface area contributed by atoms with E-state index < -0.39 is 0 Å². The second-order valence-electron chi connectivity index (χ2n) is 7.03. The van der Waals surface area contributed by atoms with E-state index in [1.807, 2.05) is 0 Å². The van der Waals surface area contributed by atoms with E-state index in [9.17, 15) is 0 Å². The van der Waals surface area contributed by atoms with Gasteiger partial charge in [-0.1, -0.05) is 44.7 Å². The Morgan fingerprint density at radius 1 is 1.38 bits per heavy atom. The Balaban J connectivity index is 1.69. The number of nitrogens with two attached hydrogens (primary N) is 1. The highest BCUT2D eigenvalue weighted by Crippen LogP contribution is 2.68. The van der Waals surface area contributed by atoms with Crippen LogP contribution in [0.2, 0.25) is 0 Å². The van der Waals surface area contributed by atoms with Crippen molar-refractivity contribution in [2.24, 2.45) is 22.1 Å². The van der Waals surface area contributed by atoms with E-state index >= 15 is 0 Å². The van der Waals surface area contributed by atoms with Crippen LogP contribution in [0.5, 0.6) is 5.75 Å². The van der Waals surface area contributed by atoms with Gasteiger partial charge in [0.05, 0.1) is 12.6 Å². The molecule has 2 N–H and O–H groups in total. The number of aliphatic imine (C=N–C) groups is 1. The SMILES string of the molecule is CC1SC(N)=NC1[C@@H]1[C@@H](c2cccc3c2CCO3)C1(C)C. The van der Waals surface area contributed by atoms with Crippen LogP contribution in [0.25, 0.3) is 0 Å². The second-order valence-corrected chi connectivity index (χ2v) is 8.43. The average Bonchev–Trinajstić information content (AvgIpc) is 2.81. The van der Waals surface area contributed by atoms with E-state index in [0.717, 1.165) is 23.9 Å². The molecule has 1 aromatic carbocycles. The Labute approximate surface area is 130 Å². The highest BCUT2D eigenvalue weighted by molar-refractivity contribution is 8.14. The quantitative estimate of drug-likeness (QED) is 0.912. The average molecular weight is 302 g/mol. The number of ether oxygens (including phenoxy) is 1. The largest absolute Gasteiger partial charge is 0.493 e. The normalized spacial score (nSPS) is 36.0. The standard InChI is InChI=1S/C17H22N2OS/c1-9-15(19-16(18)21-9)14-13(17(14,2)3)11-5-4-6-12-10(11)7-8-20-12/h4-6,9,13-15H,7-8H2,1-3H3,(H2,18,19)/t9?,13-,14+,15?/m1/s1. The summed E-state index contributed by atoms with van der Waals surface area (Å²) in [6, 6.07) is 6.88. The van der Waals surface area contributed by atoms with E-state index in [4.69, 9.17) is 15.5 Å². The van der Waals surface area contributed by atoms with Gasteiger partial charge in [-0.05, 0) is 28.9 Å². The molecule has 0 aromatic heterocycles. The maximum atomic E-state index is 5.94. The maximum Gasteiger partial charge on any atom is 0.154 e. The first-order chi connectivity index (χ1) is 10.00. The number of nitrogens with zero attached hydrogens (tertiary/aromatic N) is 1. The molecule has 4 heteroatoms. The summed E-state index contributed by atoms with van der Waals surface area (Å²) in [5.41, 5.74) is 9.14. The van der Waals surface area contributed by atoms with Crippen molar-refractivity contribution < 1.29 is 4.74 Å². The van der Waals surface area contributed by atoms with Crippen LogP contribution in [0, 0.1) is 11.3 Å². The minimum Gasteiger partial charge on any atom is -0.493 e. The smallest absolute Gasteiger partial charge is 0.154 e. The van der Waals surface area contributed by atoms with Crippen molar-refractivity contribution in [3.05, 3.63) is 29.3 Å². The molecule has 1 aromatic rings. The lowest BCUT2D eigenvalue weighted by molar-refractivity contribution is 0.357. The van der Waals surface area contributed by atoms with Gasteiger partial charge < -0.3 is 10.5 Å². The molecule has 1 fully saturated rings. The number of benzene rings is 1. The lowest BCUT2D eigenvalue weighted by atomic mass is 9.96. The molecule has 3 nitrogen and oxygen atoms in total. The Morgan fingerprint density at radius 2 is 2.19 bits per heavy atom. The lowest BCUT2D eigenvalue weighted by Gasteiger charge is -2.13. The first-order valence-electron chi connectivity index (χ1n) is 7.74. The predicted octanol–water partition coefficient (Wildman–Crippen LogP) is 3.18. The van der Waals surface area contributed by atoms with Crippen molar-refractivity contribution in [2.75, 3.05) is 6.61 Å². The summed E-state index contributed by atoms with van der Waals surface area (Å²) in [5.74, 6) is 2.26. The molecule has 0 spiro atoms. The fraction of sp³-hybridized carbons (Fsp3) is 0.588. The van der Waals surface area contributed by atoms with Crippen LogP contribution in [0.3, 0.4) is 0 Å². The zero-order chi connectivity index (χ0) is 14.8. The third kappa shape index (κ3) is 1.91. The van der Waals surface area contributed by atoms with Gasteiger partial charge in [0.2, 0.25) is 0 Å². The van der Waals surface area contributed by atoms with Gasteiger partial charge in [-0.25, -0.2) is 0 Å². The van der Waals surface area contributed by atoms with E-state index in [1.54, 1.807) is 11.8 Å². The van der Waals surface area contributed by atoms with E-state index in [-0.39, 0.29) is 0 Å². The molecule has 3 aliphatic rings. The van der Waals surface area contributed by atoms with E-state index in [0.29, 0.717) is 28.5 Å². The number of hydrogen-bond acceptors (Lipinski definition) is 4. The van der Waals surface area contributed by atoms with Crippen LogP contribution >= 0.6 is 11.8 Å². The molecule has 1 saturated carbocycles. The number of fused-ring (bicyclic) bond motifs is 1. The monoisotopic (exact) mass is 302 g/mol. The first-order valence-corrected chi connectivity index (χ1v) is 8.62. The molecule has 2 unspecified atom stereocenters. The fourth-order valence-electron chi connectivity index (χ4n) is 4.36. The van der Waals surface area contributed by atoms with Crippen molar-refractivity contribution >= 4 is 16.9 Å². The first kappa shape index (κ1) is 13.5. The fourth-order valence-corrected chi connectivity index (χ4v) is 5.30. The van der Waals surface area contributed by atoms with Gasteiger partial charge in [-0.3, -0.25) is 4.99 Å². The maximum absolute atomic E-state index is 5.94. The van der Waals surface area contributed by atoms with E-state index in [2.05, 4.69) is 39.0 Å². The summed E-state index contributed by atoms with van der Waals surface area (Å²) < 4.78 is 5.73. The van der Waals surface area contributed by atoms with Crippen LogP contribution in [0.15, 0.2) is 23.2 Å². The molecule has 4 rings (SSSR count). The predicted molar refractivity (Wildman–Crippen MR) is 88.1 cm³/mol. The van der Waals surface area contributed by atoms with Crippen LogP contribution in [-0.2, 0) is 6.42 Å². The molecule has 1 aliphatic carbocycles. The van der Waals surface area contributed by atoms with Gasteiger partial charge in [0.25, 0.3) is 0 Å². The number of thioether (sulfide) groups is 1. The molecule has 21 heavy (non-hydrogen) atoms. The van der Waals surface area contributed by atoms with Crippen molar-refractivity contribution in [1.29, 1.82) is 0 Å². The summed E-state index contributed by atoms with van der Waals surface area (Å²) in [6.45, 7) is 7.82. The van der Waals surface area contributed by atoms with Gasteiger partial charge in [0.15, 0.2) is 5.17 Å². The Hall–Kier alpha value is -1.16. The molecule has 2 aliphatic heterocycles. The molecule has 0 bridgehead atoms. The molecular weight excluding hydrogens is 280 g/mol. The van der Waals surface area contributed by atoms with Gasteiger partial charge in [-0.15, -0.1) is 0 Å². The molecule has 0 saturated heterocycles. The van der Waals surface area contributed by atoms with Crippen molar-refractivity contribution in [1.82, 2.24) is 0 Å². The summed E-state index contributed by atoms with van der Waals surface area (Å²) >= 11 is 1.72. The summed E-state index contributed by atoms with van der Waals surface area (Å²) in [6.07, 6.45) is 1.05. The topological polar surface area (TPSA) is 47.6 Å². The molecule has 0 radical (unpaired) electrons. The van der Waals surface area contributed by atoms with Gasteiger partial charge >= 0.3 is 0 Å². The number of hydrogen-bond donors (Lipinski definition) is 1. The highest BCUT2D eigenvalue weighted by Gasteiger charge is 2.63. The van der Waals surface area contributed by atoms with Crippen molar-refractivity contribution in [3.8, 4) is 5.75 Å². The van der Waals surface area contributed by atoms with E-state index in [1.165, 1.54) is 11.1 Å². The number of amidine groups is 1. The molecule has 112 valence electrons. The molecule has 4 atom stereocenters. The summed E-state index contributed by atoms with van der Waals surface area (Å²) in [5, 5.41) is 1.25. The van der Waals surface area contributed by atoms with Gasteiger partial charge in [0.1, 0.15) is 5.75 Å². The Morgan fingerprint density at radius 3 is 2.90 bits per heavy atom. The van der Waals surface area contributed by atoms with Crippen LogP contribution in [0.1, 0.15) is 37.8 Å². The minimum absolute atomic E-state index is 0.297. The minimum atomic E-state index is 0.297. The zero-order valence-corrected chi connectivity index (χ0v) is 13.6. The lowest BCUT2D eigenvalue weighted by Crippen LogP contribution is -2.19. The molecule has 0 amide bonds. The number of rotatable bonds is 2. The zero-order valence-electron chi connectivity index (χ0n) is 12.8. The van der Waals surface area contributed by atoms with Crippen molar-refractivity contribution in [2.45, 2.75) is 44.4 Å². The van der Waals surface area contributed by atoms with Crippen molar-refractivity contribution in [3.63, 3.8) is 0 Å². The van der Waals surface area contributed by atoms with Crippen LogP contribution in [0.4, 0.5) is 0 Å². The van der Waals surface area contributed by atoms with Crippen LogP contribution < -0.4 is 10.5 Å². The Kier molecular flexibility index (Phi) is 2.84.